The third-order valence-electron chi connectivity index (χ3n) is 5.02. The first-order valence-corrected chi connectivity index (χ1v) is 10.3. The van der Waals surface area contributed by atoms with Gasteiger partial charge in [-0.3, -0.25) is 9.59 Å². The minimum atomic E-state index is -0.218. The molecule has 0 aliphatic heterocycles. The summed E-state index contributed by atoms with van der Waals surface area (Å²) in [6.45, 7) is 4.87. The first kappa shape index (κ1) is 22.1. The lowest BCUT2D eigenvalue weighted by Gasteiger charge is -2.12. The molecule has 160 valence electrons. The molecule has 3 aromatic rings. The summed E-state index contributed by atoms with van der Waals surface area (Å²) < 4.78 is 7.45. The van der Waals surface area contributed by atoms with E-state index in [1.54, 1.807) is 16.8 Å². The summed E-state index contributed by atoms with van der Waals surface area (Å²) >= 11 is 0. The molecule has 0 fully saturated rings. The molecule has 2 aromatic carbocycles. The van der Waals surface area contributed by atoms with Gasteiger partial charge in [0.15, 0.2) is 5.75 Å². The summed E-state index contributed by atoms with van der Waals surface area (Å²) in [5, 5.41) is 2.82. The average molecular weight is 417 g/mol. The van der Waals surface area contributed by atoms with Crippen LogP contribution in [0.5, 0.6) is 5.75 Å². The highest BCUT2D eigenvalue weighted by atomic mass is 16.5. The second kappa shape index (κ2) is 10.4. The molecule has 0 bridgehead atoms. The Morgan fingerprint density at radius 1 is 1.10 bits per heavy atom. The Balaban J connectivity index is 1.56. The zero-order valence-corrected chi connectivity index (χ0v) is 18.2. The molecule has 0 unspecified atom stereocenters. The summed E-state index contributed by atoms with van der Waals surface area (Å²) in [5.41, 5.74) is 3.70. The lowest BCUT2D eigenvalue weighted by Crippen LogP contribution is -2.24. The van der Waals surface area contributed by atoms with Crippen LogP contribution in [0, 0.1) is 0 Å². The van der Waals surface area contributed by atoms with E-state index in [4.69, 9.17) is 4.74 Å². The van der Waals surface area contributed by atoms with Gasteiger partial charge in [-0.1, -0.05) is 68.4 Å². The van der Waals surface area contributed by atoms with Gasteiger partial charge < -0.3 is 14.6 Å². The predicted octanol–water partition coefficient (Wildman–Crippen LogP) is 4.42. The molecule has 1 N–H and O–H groups in total. The molecule has 0 spiro atoms. The molecule has 1 heterocycles. The number of hydrogen-bond donors (Lipinski definition) is 1. The van der Waals surface area contributed by atoms with Gasteiger partial charge in [0, 0.05) is 24.9 Å². The molecule has 0 radical (unpaired) electrons. The van der Waals surface area contributed by atoms with Crippen molar-refractivity contribution in [3.63, 3.8) is 0 Å². The molecule has 0 saturated carbocycles. The molecule has 1 aromatic heterocycles. The Bertz CT molecular complexity index is 1100. The summed E-state index contributed by atoms with van der Waals surface area (Å²) in [4.78, 5) is 24.6. The first-order valence-electron chi connectivity index (χ1n) is 10.3. The number of pyridine rings is 1. The Kier molecular flexibility index (Phi) is 7.44. The summed E-state index contributed by atoms with van der Waals surface area (Å²) in [7, 11) is 1.82. The zero-order chi connectivity index (χ0) is 22.2. The van der Waals surface area contributed by atoms with Gasteiger partial charge in [0.2, 0.25) is 11.3 Å². The van der Waals surface area contributed by atoms with Crippen LogP contribution < -0.4 is 15.5 Å². The number of nitrogens with one attached hydrogen (secondary N) is 1. The van der Waals surface area contributed by atoms with Crippen LogP contribution in [0.3, 0.4) is 0 Å². The minimum absolute atomic E-state index is 0.209. The Morgan fingerprint density at radius 2 is 1.81 bits per heavy atom. The topological polar surface area (TPSA) is 60.3 Å². The monoisotopic (exact) mass is 416 g/mol. The van der Waals surface area contributed by atoms with Gasteiger partial charge in [-0.15, -0.1) is 0 Å². The molecule has 0 aliphatic rings. The van der Waals surface area contributed by atoms with E-state index in [-0.39, 0.29) is 23.6 Å². The second-order valence-corrected chi connectivity index (χ2v) is 7.75. The van der Waals surface area contributed by atoms with Gasteiger partial charge in [0.05, 0.1) is 12.7 Å². The zero-order valence-electron chi connectivity index (χ0n) is 18.2. The number of carbonyl (C=O) groups excluding carboxylic acids is 1. The van der Waals surface area contributed by atoms with E-state index in [1.165, 1.54) is 17.7 Å². The van der Waals surface area contributed by atoms with Crippen molar-refractivity contribution in [2.24, 2.45) is 7.05 Å². The Labute approximate surface area is 183 Å². The van der Waals surface area contributed by atoms with Crippen molar-refractivity contribution in [1.29, 1.82) is 0 Å². The van der Waals surface area contributed by atoms with Crippen LogP contribution in [-0.2, 0) is 25.0 Å². The van der Waals surface area contributed by atoms with E-state index in [1.807, 2.05) is 49.5 Å². The quantitative estimate of drug-likeness (QED) is 0.553. The summed E-state index contributed by atoms with van der Waals surface area (Å²) in [6, 6.07) is 19.3. The Morgan fingerprint density at radius 3 is 2.48 bits per heavy atom. The van der Waals surface area contributed by atoms with Crippen molar-refractivity contribution >= 4 is 12.0 Å². The highest BCUT2D eigenvalue weighted by Gasteiger charge is 2.07. The molecule has 0 atom stereocenters. The molecule has 3 rings (SSSR count). The number of hydrogen-bond acceptors (Lipinski definition) is 3. The molecule has 1 amide bonds. The van der Waals surface area contributed by atoms with E-state index in [2.05, 4.69) is 31.3 Å². The van der Waals surface area contributed by atoms with Crippen LogP contribution in [0.1, 0.15) is 42.1 Å². The van der Waals surface area contributed by atoms with Crippen molar-refractivity contribution in [3.8, 4) is 5.75 Å². The van der Waals surface area contributed by atoms with E-state index in [0.29, 0.717) is 18.2 Å². The third kappa shape index (κ3) is 6.44. The van der Waals surface area contributed by atoms with Gasteiger partial charge in [0.1, 0.15) is 6.61 Å². The number of aromatic nitrogens is 1. The van der Waals surface area contributed by atoms with Crippen LogP contribution >= 0.6 is 0 Å². The summed E-state index contributed by atoms with van der Waals surface area (Å²) in [5.74, 6) is 0.541. The van der Waals surface area contributed by atoms with E-state index >= 15 is 0 Å². The maximum Gasteiger partial charge on any atom is 0.244 e. The molecule has 0 saturated heterocycles. The third-order valence-corrected chi connectivity index (χ3v) is 5.02. The lowest BCUT2D eigenvalue weighted by atomic mass is 10.0. The number of ether oxygens (including phenoxy) is 1. The number of amides is 1. The van der Waals surface area contributed by atoms with Crippen LogP contribution in [0.2, 0.25) is 0 Å². The summed E-state index contributed by atoms with van der Waals surface area (Å²) in [6.07, 6.45) is 4.93. The predicted molar refractivity (Wildman–Crippen MR) is 124 cm³/mol. The normalized spacial score (nSPS) is 11.1. The second-order valence-electron chi connectivity index (χ2n) is 7.75. The van der Waals surface area contributed by atoms with Crippen molar-refractivity contribution in [2.75, 3.05) is 0 Å². The van der Waals surface area contributed by atoms with Gasteiger partial charge in [-0.2, -0.15) is 0 Å². The minimum Gasteiger partial charge on any atom is -0.483 e. The SMILES string of the molecule is CC(C)c1ccc(/C=C/C(=O)NCc2cc(=O)c(OCc3ccccc3)cn2C)cc1. The maximum atomic E-state index is 12.4. The largest absolute Gasteiger partial charge is 0.483 e. The molecule has 5 nitrogen and oxygen atoms in total. The highest BCUT2D eigenvalue weighted by Crippen LogP contribution is 2.15. The Hall–Kier alpha value is -3.60. The number of nitrogens with zero attached hydrogens (tertiary/aromatic N) is 1. The molecular weight excluding hydrogens is 388 g/mol. The van der Waals surface area contributed by atoms with Crippen molar-refractivity contribution in [2.45, 2.75) is 32.9 Å². The van der Waals surface area contributed by atoms with Crippen LogP contribution in [-0.4, -0.2) is 10.5 Å². The molecule has 5 heteroatoms. The fraction of sp³-hybridized carbons (Fsp3) is 0.231. The fourth-order valence-corrected chi connectivity index (χ4v) is 3.07. The van der Waals surface area contributed by atoms with E-state index < -0.39 is 0 Å². The van der Waals surface area contributed by atoms with Crippen LogP contribution in [0.25, 0.3) is 6.08 Å². The molecule has 31 heavy (non-hydrogen) atoms. The number of aryl methyl sites for hydroxylation is 1. The van der Waals surface area contributed by atoms with Crippen molar-refractivity contribution in [3.05, 3.63) is 106 Å². The standard InChI is InChI=1S/C26H28N2O3/c1-19(2)22-12-9-20(10-13-22)11-14-26(30)27-16-23-15-24(29)25(17-28(23)3)31-18-21-7-5-4-6-8-21/h4-15,17,19H,16,18H2,1-3H3,(H,27,30)/b14-11+. The van der Waals surface area contributed by atoms with Gasteiger partial charge in [-0.05, 0) is 28.7 Å². The van der Waals surface area contributed by atoms with Gasteiger partial charge in [0.25, 0.3) is 0 Å². The lowest BCUT2D eigenvalue weighted by molar-refractivity contribution is -0.116. The number of benzene rings is 2. The number of carbonyl (C=O) groups is 1. The smallest absolute Gasteiger partial charge is 0.244 e. The van der Waals surface area contributed by atoms with Crippen molar-refractivity contribution in [1.82, 2.24) is 9.88 Å². The number of rotatable bonds is 8. The van der Waals surface area contributed by atoms with E-state index in [0.717, 1.165) is 11.1 Å². The van der Waals surface area contributed by atoms with Gasteiger partial charge >= 0.3 is 0 Å². The van der Waals surface area contributed by atoms with Crippen LogP contribution in [0.4, 0.5) is 0 Å². The van der Waals surface area contributed by atoms with Gasteiger partial charge in [-0.25, -0.2) is 0 Å². The highest BCUT2D eigenvalue weighted by molar-refractivity contribution is 5.91. The van der Waals surface area contributed by atoms with Crippen LogP contribution in [0.15, 0.2) is 77.7 Å². The van der Waals surface area contributed by atoms with Crippen molar-refractivity contribution < 1.29 is 9.53 Å². The maximum absolute atomic E-state index is 12.4. The first-order chi connectivity index (χ1) is 14.9. The molecule has 0 aliphatic carbocycles. The average Bonchev–Trinajstić information content (AvgIpc) is 2.78. The van der Waals surface area contributed by atoms with E-state index in [9.17, 15) is 9.59 Å². The molecular formula is C26H28N2O3. The fourth-order valence-electron chi connectivity index (χ4n) is 3.07.